The lowest BCUT2D eigenvalue weighted by Gasteiger charge is -2.28. The molecule has 0 saturated carbocycles. The lowest BCUT2D eigenvalue weighted by molar-refractivity contribution is -0.113. The molecule has 0 aromatic heterocycles. The van der Waals surface area contributed by atoms with E-state index in [1.165, 1.54) is 11.8 Å². The number of aryl methyl sites for hydroxylation is 2. The Morgan fingerprint density at radius 3 is 2.00 bits per heavy atom. The molecule has 1 amide bonds. The van der Waals surface area contributed by atoms with E-state index in [1.54, 1.807) is 0 Å². The summed E-state index contributed by atoms with van der Waals surface area (Å²) in [5.74, 6) is 0.663. The third-order valence-electron chi connectivity index (χ3n) is 4.74. The third kappa shape index (κ3) is 5.54. The number of hydrogen-bond acceptors (Lipinski definition) is 3. The highest BCUT2D eigenvalue weighted by atomic mass is 32.2. The summed E-state index contributed by atoms with van der Waals surface area (Å²) in [6, 6.07) is 10.1. The third-order valence-corrected chi connectivity index (χ3v) is 5.71. The van der Waals surface area contributed by atoms with Crippen LogP contribution in [0, 0.1) is 13.8 Å². The fourth-order valence-electron chi connectivity index (χ4n) is 3.04. The summed E-state index contributed by atoms with van der Waals surface area (Å²) in [6.07, 6.45) is 0. The minimum absolute atomic E-state index is 0.0265. The summed E-state index contributed by atoms with van der Waals surface area (Å²) in [4.78, 5) is 13.5. The summed E-state index contributed by atoms with van der Waals surface area (Å²) >= 11 is 1.50. The van der Waals surface area contributed by atoms with E-state index in [2.05, 4.69) is 46.9 Å². The Kier molecular flexibility index (Phi) is 6.55. The largest absolute Gasteiger partial charge is 0.507 e. The normalized spacial score (nSPS) is 12.1. The molecule has 0 fully saturated rings. The predicted molar refractivity (Wildman–Crippen MR) is 121 cm³/mol. The molecule has 0 heterocycles. The van der Waals surface area contributed by atoms with Crippen molar-refractivity contribution in [3.05, 3.63) is 52.6 Å². The molecular formula is C24H33NO2S. The van der Waals surface area contributed by atoms with Gasteiger partial charge in [-0.25, -0.2) is 0 Å². The molecule has 2 aromatic rings. The number of amides is 1. The fraction of sp³-hybridized carbons (Fsp3) is 0.458. The zero-order valence-corrected chi connectivity index (χ0v) is 19.2. The molecule has 4 heteroatoms. The molecule has 0 aliphatic rings. The molecule has 0 atom stereocenters. The molecule has 2 N–H and O–H groups in total. The predicted octanol–water partition coefficient (Wildman–Crippen LogP) is 6.33. The second-order valence-electron chi connectivity index (χ2n) is 9.52. The monoisotopic (exact) mass is 399 g/mol. The van der Waals surface area contributed by atoms with E-state index in [0.717, 1.165) is 32.8 Å². The minimum Gasteiger partial charge on any atom is -0.507 e. The highest BCUT2D eigenvalue weighted by Crippen LogP contribution is 2.41. The van der Waals surface area contributed by atoms with Gasteiger partial charge in [0, 0.05) is 21.7 Å². The van der Waals surface area contributed by atoms with Crippen LogP contribution in [0.25, 0.3) is 0 Å². The Balaban J connectivity index is 2.23. The Bertz CT molecular complexity index is 838. The van der Waals surface area contributed by atoms with Crippen molar-refractivity contribution in [2.75, 3.05) is 11.1 Å². The average Bonchev–Trinajstić information content (AvgIpc) is 2.55. The van der Waals surface area contributed by atoms with Crippen molar-refractivity contribution in [3.8, 4) is 5.75 Å². The molecule has 0 aliphatic heterocycles. The number of nitrogens with one attached hydrogen (secondary N) is 1. The molecule has 2 aromatic carbocycles. The number of phenolic OH excluding ortho intramolecular Hbond substituents is 1. The van der Waals surface area contributed by atoms with Crippen LogP contribution < -0.4 is 5.32 Å². The van der Waals surface area contributed by atoms with Crippen LogP contribution in [0.3, 0.4) is 0 Å². The number of rotatable bonds is 4. The Morgan fingerprint density at radius 2 is 1.50 bits per heavy atom. The standard InChI is InChI=1S/C24H33NO2S/c1-15-9-10-16(2)20(11-15)25-21(26)14-28-17-12-18(23(3,4)5)22(27)19(13-17)24(6,7)8/h9-13,27H,14H2,1-8H3,(H,25,26). The van der Waals surface area contributed by atoms with Crippen LogP contribution in [0.15, 0.2) is 35.2 Å². The highest BCUT2D eigenvalue weighted by molar-refractivity contribution is 8.00. The first-order valence-corrected chi connectivity index (χ1v) is 10.7. The molecule has 0 bridgehead atoms. The van der Waals surface area contributed by atoms with Crippen LogP contribution in [0.2, 0.25) is 0 Å². The van der Waals surface area contributed by atoms with Gasteiger partial charge in [-0.2, -0.15) is 0 Å². The fourth-order valence-corrected chi connectivity index (χ4v) is 3.81. The quantitative estimate of drug-likeness (QED) is 0.590. The molecule has 0 unspecified atom stereocenters. The van der Waals surface area contributed by atoms with Crippen LogP contribution in [0.4, 0.5) is 5.69 Å². The van der Waals surface area contributed by atoms with E-state index in [1.807, 2.05) is 44.2 Å². The molecular weight excluding hydrogens is 366 g/mol. The molecule has 0 spiro atoms. The van der Waals surface area contributed by atoms with Gasteiger partial charge >= 0.3 is 0 Å². The van der Waals surface area contributed by atoms with Crippen LogP contribution in [0.1, 0.15) is 63.8 Å². The maximum absolute atomic E-state index is 12.5. The topological polar surface area (TPSA) is 49.3 Å². The first kappa shape index (κ1) is 22.4. The lowest BCUT2D eigenvalue weighted by atomic mass is 9.79. The van der Waals surface area contributed by atoms with E-state index in [9.17, 15) is 9.90 Å². The summed E-state index contributed by atoms with van der Waals surface area (Å²) in [6.45, 7) is 16.6. The summed E-state index contributed by atoms with van der Waals surface area (Å²) in [5.41, 5.74) is 4.51. The zero-order chi connectivity index (χ0) is 21.3. The van der Waals surface area contributed by atoms with Crippen LogP contribution in [0.5, 0.6) is 5.75 Å². The van der Waals surface area contributed by atoms with Crippen LogP contribution in [-0.4, -0.2) is 16.8 Å². The van der Waals surface area contributed by atoms with E-state index < -0.39 is 0 Å². The van der Waals surface area contributed by atoms with Gasteiger partial charge < -0.3 is 10.4 Å². The second kappa shape index (κ2) is 8.20. The highest BCUT2D eigenvalue weighted by Gasteiger charge is 2.26. The van der Waals surface area contributed by atoms with Crippen molar-refractivity contribution in [2.24, 2.45) is 0 Å². The van der Waals surface area contributed by atoms with Gasteiger partial charge in [0.1, 0.15) is 5.75 Å². The Morgan fingerprint density at radius 1 is 0.964 bits per heavy atom. The van der Waals surface area contributed by atoms with Gasteiger partial charge in [0.05, 0.1) is 5.75 Å². The SMILES string of the molecule is Cc1ccc(C)c(NC(=O)CSc2cc(C(C)(C)C)c(O)c(C(C)(C)C)c2)c1. The van der Waals surface area contributed by atoms with Gasteiger partial charge in [-0.1, -0.05) is 53.7 Å². The second-order valence-corrected chi connectivity index (χ2v) is 10.6. The Labute approximate surface area is 173 Å². The summed E-state index contributed by atoms with van der Waals surface area (Å²) < 4.78 is 0. The average molecular weight is 400 g/mol. The first-order valence-electron chi connectivity index (χ1n) is 9.67. The van der Waals surface area contributed by atoms with Crippen LogP contribution in [-0.2, 0) is 15.6 Å². The van der Waals surface area contributed by atoms with Gasteiger partial charge in [0.25, 0.3) is 0 Å². The van der Waals surface area contributed by atoms with Crippen molar-refractivity contribution < 1.29 is 9.90 Å². The smallest absolute Gasteiger partial charge is 0.234 e. The number of anilines is 1. The van der Waals surface area contributed by atoms with E-state index >= 15 is 0 Å². The number of thioether (sulfide) groups is 1. The number of carbonyl (C=O) groups excluding carboxylic acids is 1. The molecule has 3 nitrogen and oxygen atoms in total. The minimum atomic E-state index is -0.179. The molecule has 152 valence electrons. The number of hydrogen-bond donors (Lipinski definition) is 2. The number of phenols is 1. The van der Waals surface area contributed by atoms with Crippen molar-refractivity contribution in [3.63, 3.8) is 0 Å². The molecule has 28 heavy (non-hydrogen) atoms. The lowest BCUT2D eigenvalue weighted by Crippen LogP contribution is -2.18. The van der Waals surface area contributed by atoms with Gasteiger partial charge in [-0.05, 0) is 54.0 Å². The molecule has 0 saturated heterocycles. The maximum atomic E-state index is 12.5. The van der Waals surface area contributed by atoms with Gasteiger partial charge in [0.15, 0.2) is 0 Å². The summed E-state index contributed by atoms with van der Waals surface area (Å²) in [7, 11) is 0. The maximum Gasteiger partial charge on any atom is 0.234 e. The van der Waals surface area contributed by atoms with Gasteiger partial charge in [-0.15, -0.1) is 11.8 Å². The first-order chi connectivity index (χ1) is 12.8. The number of aromatic hydroxyl groups is 1. The van der Waals surface area contributed by atoms with E-state index in [0.29, 0.717) is 11.5 Å². The van der Waals surface area contributed by atoms with Crippen molar-refractivity contribution in [1.82, 2.24) is 0 Å². The van der Waals surface area contributed by atoms with Crippen LogP contribution >= 0.6 is 11.8 Å². The molecule has 0 aliphatic carbocycles. The van der Waals surface area contributed by atoms with Crippen molar-refractivity contribution >= 4 is 23.4 Å². The van der Waals surface area contributed by atoms with Gasteiger partial charge in [-0.3, -0.25) is 4.79 Å². The van der Waals surface area contributed by atoms with Crippen molar-refractivity contribution in [2.45, 2.75) is 71.1 Å². The van der Waals surface area contributed by atoms with E-state index in [4.69, 9.17) is 0 Å². The zero-order valence-electron chi connectivity index (χ0n) is 18.4. The van der Waals surface area contributed by atoms with Crippen molar-refractivity contribution in [1.29, 1.82) is 0 Å². The molecule has 0 radical (unpaired) electrons. The summed E-state index contributed by atoms with van der Waals surface area (Å²) in [5, 5.41) is 13.8. The molecule has 2 rings (SSSR count). The number of carbonyl (C=O) groups is 1. The van der Waals surface area contributed by atoms with Gasteiger partial charge in [0.2, 0.25) is 5.91 Å². The Hall–Kier alpha value is -1.94. The number of benzene rings is 2. The van der Waals surface area contributed by atoms with E-state index in [-0.39, 0.29) is 16.7 Å².